The molecule has 1 N–H and O–H groups in total. The van der Waals surface area contributed by atoms with Crippen molar-refractivity contribution in [3.05, 3.63) is 41.4 Å². The number of hydrogen-bond acceptors (Lipinski definition) is 4. The number of benzene rings is 2. The number of halogens is 1. The molecular formula is C25H34ClN3O. The number of nitrogens with zero attached hydrogens (tertiary/aromatic N) is 2. The first-order valence-electron chi connectivity index (χ1n) is 11.1. The summed E-state index contributed by atoms with van der Waals surface area (Å²) in [6.07, 6.45) is 4.94. The molecule has 0 aliphatic rings. The number of unbranched alkanes of at least 4 members (excludes halogenated alkanes) is 2. The van der Waals surface area contributed by atoms with E-state index in [1.165, 1.54) is 25.7 Å². The molecule has 0 saturated carbocycles. The molecule has 0 bridgehead atoms. The van der Waals surface area contributed by atoms with Crippen LogP contribution >= 0.6 is 11.6 Å². The van der Waals surface area contributed by atoms with Crippen LogP contribution in [0.2, 0.25) is 5.02 Å². The lowest BCUT2D eigenvalue weighted by atomic mass is 10.1. The van der Waals surface area contributed by atoms with Crippen molar-refractivity contribution >= 4 is 39.1 Å². The fourth-order valence-corrected chi connectivity index (χ4v) is 4.08. The van der Waals surface area contributed by atoms with Gasteiger partial charge in [-0.25, -0.2) is 4.98 Å². The minimum absolute atomic E-state index is 0.300. The van der Waals surface area contributed by atoms with Crippen LogP contribution in [0, 0.1) is 0 Å². The number of anilines is 1. The van der Waals surface area contributed by atoms with Crippen molar-refractivity contribution in [2.24, 2.45) is 0 Å². The van der Waals surface area contributed by atoms with Crippen LogP contribution < -0.4 is 10.1 Å². The summed E-state index contributed by atoms with van der Waals surface area (Å²) in [7, 11) is 1.70. The number of ether oxygens (including phenoxy) is 1. The van der Waals surface area contributed by atoms with E-state index in [9.17, 15) is 0 Å². The van der Waals surface area contributed by atoms with E-state index < -0.39 is 0 Å². The molecule has 4 nitrogen and oxygen atoms in total. The molecule has 0 aliphatic heterocycles. The van der Waals surface area contributed by atoms with Crippen LogP contribution in [-0.4, -0.2) is 42.7 Å². The molecule has 3 rings (SSSR count). The third kappa shape index (κ3) is 5.55. The van der Waals surface area contributed by atoms with Gasteiger partial charge >= 0.3 is 0 Å². The number of nitrogens with one attached hydrogen (secondary N) is 1. The molecule has 0 fully saturated rings. The molecular weight excluding hydrogens is 394 g/mol. The Balaban J connectivity index is 1.95. The standard InChI is InChI=1S/C25H34ClN3O/c1-5-7-13-29(14-8-6-2)17-18(3)27-25-21-11-9-19(26)15-24(21)28-23-12-10-20(30-4)16-22(23)25/h9-12,15-16,18H,5-8,13-14,17H2,1-4H3,(H,27,28). The monoisotopic (exact) mass is 427 g/mol. The summed E-state index contributed by atoms with van der Waals surface area (Å²) in [5, 5.41) is 6.66. The number of pyridine rings is 1. The van der Waals surface area contributed by atoms with E-state index in [4.69, 9.17) is 21.3 Å². The molecule has 0 saturated heterocycles. The lowest BCUT2D eigenvalue weighted by Gasteiger charge is -2.27. The first kappa shape index (κ1) is 22.6. The van der Waals surface area contributed by atoms with Gasteiger partial charge in [0.15, 0.2) is 0 Å². The number of aromatic nitrogens is 1. The average molecular weight is 428 g/mol. The Labute approximate surface area is 185 Å². The maximum atomic E-state index is 6.25. The summed E-state index contributed by atoms with van der Waals surface area (Å²) >= 11 is 6.25. The van der Waals surface area contributed by atoms with Gasteiger partial charge in [0.2, 0.25) is 0 Å². The summed E-state index contributed by atoms with van der Waals surface area (Å²) < 4.78 is 5.48. The van der Waals surface area contributed by atoms with Crippen molar-refractivity contribution in [3.8, 4) is 5.75 Å². The molecule has 3 aromatic rings. The van der Waals surface area contributed by atoms with Gasteiger partial charge < -0.3 is 15.0 Å². The third-order valence-corrected chi connectivity index (χ3v) is 5.76. The molecule has 1 atom stereocenters. The van der Waals surface area contributed by atoms with Crippen LogP contribution in [-0.2, 0) is 0 Å². The van der Waals surface area contributed by atoms with Crippen molar-refractivity contribution in [1.82, 2.24) is 9.88 Å². The van der Waals surface area contributed by atoms with Gasteiger partial charge in [-0.05, 0) is 69.3 Å². The van der Waals surface area contributed by atoms with Gasteiger partial charge in [0.25, 0.3) is 0 Å². The Morgan fingerprint density at radius 2 is 1.73 bits per heavy atom. The number of fused-ring (bicyclic) bond motifs is 2. The molecule has 1 heterocycles. The van der Waals surface area contributed by atoms with E-state index in [1.807, 2.05) is 24.3 Å². The van der Waals surface area contributed by atoms with Crippen LogP contribution in [0.25, 0.3) is 21.8 Å². The maximum absolute atomic E-state index is 6.25. The number of methoxy groups -OCH3 is 1. The quantitative estimate of drug-likeness (QED) is 0.343. The average Bonchev–Trinajstić information content (AvgIpc) is 2.74. The second-order valence-electron chi connectivity index (χ2n) is 8.08. The zero-order valence-electron chi connectivity index (χ0n) is 18.7. The molecule has 162 valence electrons. The topological polar surface area (TPSA) is 37.4 Å². The first-order valence-corrected chi connectivity index (χ1v) is 11.5. The molecule has 0 amide bonds. The lowest BCUT2D eigenvalue weighted by molar-refractivity contribution is 0.258. The summed E-state index contributed by atoms with van der Waals surface area (Å²) in [5.41, 5.74) is 2.95. The largest absolute Gasteiger partial charge is 0.497 e. The first-order chi connectivity index (χ1) is 14.5. The van der Waals surface area contributed by atoms with Gasteiger partial charge in [-0.2, -0.15) is 0 Å². The van der Waals surface area contributed by atoms with Crippen LogP contribution in [0.5, 0.6) is 5.75 Å². The van der Waals surface area contributed by atoms with Crippen LogP contribution in [0.15, 0.2) is 36.4 Å². The van der Waals surface area contributed by atoms with Crippen LogP contribution in [0.1, 0.15) is 46.5 Å². The third-order valence-electron chi connectivity index (χ3n) is 5.52. The molecule has 1 unspecified atom stereocenters. The van der Waals surface area contributed by atoms with Crippen molar-refractivity contribution in [2.45, 2.75) is 52.5 Å². The molecule has 0 aliphatic carbocycles. The fraction of sp³-hybridized carbons (Fsp3) is 0.480. The van der Waals surface area contributed by atoms with Crippen molar-refractivity contribution in [1.29, 1.82) is 0 Å². The predicted molar refractivity (Wildman–Crippen MR) is 130 cm³/mol. The number of hydrogen-bond donors (Lipinski definition) is 1. The molecule has 5 heteroatoms. The van der Waals surface area contributed by atoms with Crippen LogP contribution in [0.3, 0.4) is 0 Å². The molecule has 2 aromatic carbocycles. The lowest BCUT2D eigenvalue weighted by Crippen LogP contribution is -2.36. The van der Waals surface area contributed by atoms with E-state index in [0.29, 0.717) is 11.1 Å². The van der Waals surface area contributed by atoms with E-state index in [0.717, 1.165) is 52.9 Å². The molecule has 0 radical (unpaired) electrons. The zero-order chi connectivity index (χ0) is 21.5. The van der Waals surface area contributed by atoms with Gasteiger partial charge in [-0.1, -0.05) is 38.3 Å². The van der Waals surface area contributed by atoms with Gasteiger partial charge in [0.1, 0.15) is 5.75 Å². The fourth-order valence-electron chi connectivity index (χ4n) is 3.92. The Morgan fingerprint density at radius 1 is 1.00 bits per heavy atom. The summed E-state index contributed by atoms with van der Waals surface area (Å²) in [4.78, 5) is 7.42. The van der Waals surface area contributed by atoms with Crippen LogP contribution in [0.4, 0.5) is 5.69 Å². The molecule has 1 aromatic heterocycles. The predicted octanol–water partition coefficient (Wildman–Crippen LogP) is 6.75. The highest BCUT2D eigenvalue weighted by Crippen LogP contribution is 2.34. The van der Waals surface area contributed by atoms with Gasteiger partial charge in [-0.3, -0.25) is 0 Å². The normalized spacial score (nSPS) is 12.6. The van der Waals surface area contributed by atoms with Crippen molar-refractivity contribution in [3.63, 3.8) is 0 Å². The molecule has 0 spiro atoms. The highest BCUT2D eigenvalue weighted by atomic mass is 35.5. The zero-order valence-corrected chi connectivity index (χ0v) is 19.4. The highest BCUT2D eigenvalue weighted by Gasteiger charge is 2.15. The Morgan fingerprint density at radius 3 is 2.40 bits per heavy atom. The van der Waals surface area contributed by atoms with Crippen molar-refractivity contribution < 1.29 is 4.74 Å². The van der Waals surface area contributed by atoms with Gasteiger partial charge in [-0.15, -0.1) is 0 Å². The SMILES string of the molecule is CCCCN(CCCC)CC(C)Nc1c2ccc(Cl)cc2nc2ccc(OC)cc12. The highest BCUT2D eigenvalue weighted by molar-refractivity contribution is 6.31. The smallest absolute Gasteiger partial charge is 0.119 e. The van der Waals surface area contributed by atoms with Gasteiger partial charge in [0, 0.05) is 28.4 Å². The van der Waals surface area contributed by atoms with E-state index >= 15 is 0 Å². The minimum atomic E-state index is 0.300. The minimum Gasteiger partial charge on any atom is -0.497 e. The van der Waals surface area contributed by atoms with Crippen molar-refractivity contribution in [2.75, 3.05) is 32.1 Å². The van der Waals surface area contributed by atoms with Gasteiger partial charge in [0.05, 0.1) is 23.8 Å². The second-order valence-corrected chi connectivity index (χ2v) is 8.52. The summed E-state index contributed by atoms with van der Waals surface area (Å²) in [6.45, 7) is 10.1. The number of rotatable bonds is 11. The van der Waals surface area contributed by atoms with E-state index in [-0.39, 0.29) is 0 Å². The van der Waals surface area contributed by atoms with E-state index in [2.05, 4.69) is 43.1 Å². The maximum Gasteiger partial charge on any atom is 0.119 e. The summed E-state index contributed by atoms with van der Waals surface area (Å²) in [5.74, 6) is 0.834. The Bertz CT molecular complexity index is 967. The molecule has 30 heavy (non-hydrogen) atoms. The van der Waals surface area contributed by atoms with E-state index in [1.54, 1.807) is 7.11 Å². The second kappa shape index (κ2) is 10.8. The Kier molecular flexibility index (Phi) is 8.17. The summed E-state index contributed by atoms with van der Waals surface area (Å²) in [6, 6.07) is 12.3. The Hall–Kier alpha value is -2.04.